The lowest BCUT2D eigenvalue weighted by Crippen LogP contribution is -2.10. The summed E-state index contributed by atoms with van der Waals surface area (Å²) in [4.78, 5) is 4.28. The van der Waals surface area contributed by atoms with Crippen molar-refractivity contribution in [1.29, 1.82) is 0 Å². The fraction of sp³-hybridized carbons (Fsp3) is 0.533. The van der Waals surface area contributed by atoms with Gasteiger partial charge in [0, 0.05) is 12.6 Å². The molecule has 0 amide bonds. The summed E-state index contributed by atoms with van der Waals surface area (Å²) in [6.45, 7) is 4.98. The molecule has 1 aromatic carbocycles. The SMILES string of the molecule is Cc1cc2c(cc1F)nc(N)n2CC1CCC(C)C1. The molecular weight excluding hydrogens is 241 g/mol. The number of aromatic nitrogens is 2. The quantitative estimate of drug-likeness (QED) is 0.899. The van der Waals surface area contributed by atoms with Gasteiger partial charge < -0.3 is 10.3 Å². The first kappa shape index (κ1) is 12.5. The smallest absolute Gasteiger partial charge is 0.201 e. The summed E-state index contributed by atoms with van der Waals surface area (Å²) < 4.78 is 15.6. The van der Waals surface area contributed by atoms with Crippen molar-refractivity contribution in [2.75, 3.05) is 5.73 Å². The predicted octanol–water partition coefficient (Wildman–Crippen LogP) is 3.50. The van der Waals surface area contributed by atoms with Crippen LogP contribution in [-0.4, -0.2) is 9.55 Å². The highest BCUT2D eigenvalue weighted by molar-refractivity contribution is 5.79. The van der Waals surface area contributed by atoms with E-state index in [1.165, 1.54) is 25.3 Å². The summed E-state index contributed by atoms with van der Waals surface area (Å²) in [5.74, 6) is 1.76. The fourth-order valence-corrected chi connectivity index (χ4v) is 3.21. The van der Waals surface area contributed by atoms with E-state index in [0.717, 1.165) is 18.0 Å². The standard InChI is InChI=1S/C15H20FN3/c1-9-3-4-11(5-9)8-19-14-6-10(2)12(16)7-13(14)18-15(19)17/h6-7,9,11H,3-5,8H2,1-2H3,(H2,17,18). The van der Waals surface area contributed by atoms with Gasteiger partial charge in [0.15, 0.2) is 0 Å². The first-order chi connectivity index (χ1) is 9.04. The Morgan fingerprint density at radius 1 is 1.42 bits per heavy atom. The summed E-state index contributed by atoms with van der Waals surface area (Å²) in [7, 11) is 0. The summed E-state index contributed by atoms with van der Waals surface area (Å²) >= 11 is 0. The molecule has 1 aliphatic carbocycles. The van der Waals surface area contributed by atoms with E-state index in [1.807, 2.05) is 10.6 Å². The van der Waals surface area contributed by atoms with Crippen molar-refractivity contribution in [2.45, 2.75) is 39.7 Å². The minimum Gasteiger partial charge on any atom is -0.369 e. The topological polar surface area (TPSA) is 43.8 Å². The van der Waals surface area contributed by atoms with Gasteiger partial charge in [-0.25, -0.2) is 9.37 Å². The summed E-state index contributed by atoms with van der Waals surface area (Å²) in [5.41, 5.74) is 8.26. The Morgan fingerprint density at radius 2 is 2.21 bits per heavy atom. The van der Waals surface area contributed by atoms with Gasteiger partial charge in [0.25, 0.3) is 0 Å². The molecule has 2 N–H and O–H groups in total. The maximum atomic E-state index is 13.6. The van der Waals surface area contributed by atoms with Crippen LogP contribution in [-0.2, 0) is 6.54 Å². The number of hydrogen-bond acceptors (Lipinski definition) is 2. The van der Waals surface area contributed by atoms with E-state index < -0.39 is 0 Å². The molecule has 2 unspecified atom stereocenters. The average molecular weight is 261 g/mol. The Hall–Kier alpha value is -1.58. The molecule has 1 heterocycles. The molecule has 3 rings (SSSR count). The highest BCUT2D eigenvalue weighted by Crippen LogP contribution is 2.33. The van der Waals surface area contributed by atoms with E-state index in [-0.39, 0.29) is 5.82 Å². The minimum absolute atomic E-state index is 0.216. The van der Waals surface area contributed by atoms with Crippen LogP contribution in [0.1, 0.15) is 31.7 Å². The van der Waals surface area contributed by atoms with E-state index in [1.54, 1.807) is 6.92 Å². The fourth-order valence-electron chi connectivity index (χ4n) is 3.21. The molecule has 0 saturated heterocycles. The third-order valence-electron chi connectivity index (χ3n) is 4.30. The number of imidazole rings is 1. The van der Waals surface area contributed by atoms with Crippen molar-refractivity contribution in [3.8, 4) is 0 Å². The van der Waals surface area contributed by atoms with Crippen LogP contribution in [0.4, 0.5) is 10.3 Å². The van der Waals surface area contributed by atoms with Crippen molar-refractivity contribution in [3.63, 3.8) is 0 Å². The lowest BCUT2D eigenvalue weighted by atomic mass is 10.1. The van der Waals surface area contributed by atoms with Gasteiger partial charge in [0.2, 0.25) is 5.95 Å². The molecule has 19 heavy (non-hydrogen) atoms. The Morgan fingerprint density at radius 3 is 2.89 bits per heavy atom. The Balaban J connectivity index is 1.98. The molecule has 3 nitrogen and oxygen atoms in total. The zero-order valence-corrected chi connectivity index (χ0v) is 11.5. The van der Waals surface area contributed by atoms with Crippen LogP contribution >= 0.6 is 0 Å². The maximum absolute atomic E-state index is 13.6. The molecule has 0 bridgehead atoms. The largest absolute Gasteiger partial charge is 0.369 e. The number of hydrogen-bond donors (Lipinski definition) is 1. The number of nitrogens with two attached hydrogens (primary N) is 1. The van der Waals surface area contributed by atoms with E-state index in [4.69, 9.17) is 5.73 Å². The predicted molar refractivity (Wildman–Crippen MR) is 75.3 cm³/mol. The van der Waals surface area contributed by atoms with E-state index in [9.17, 15) is 4.39 Å². The highest BCUT2D eigenvalue weighted by Gasteiger charge is 2.23. The average Bonchev–Trinajstić information content (AvgIpc) is 2.87. The molecule has 0 spiro atoms. The second kappa shape index (κ2) is 4.51. The van der Waals surface area contributed by atoms with Gasteiger partial charge in [-0.3, -0.25) is 0 Å². The van der Waals surface area contributed by atoms with Gasteiger partial charge in [-0.15, -0.1) is 0 Å². The summed E-state index contributed by atoms with van der Waals surface area (Å²) in [6, 6.07) is 3.33. The van der Waals surface area contributed by atoms with Gasteiger partial charge in [0.1, 0.15) is 5.82 Å². The van der Waals surface area contributed by atoms with Gasteiger partial charge in [0.05, 0.1) is 11.0 Å². The molecular formula is C15H20FN3. The number of benzene rings is 1. The molecule has 1 fully saturated rings. The van der Waals surface area contributed by atoms with E-state index in [2.05, 4.69) is 11.9 Å². The van der Waals surface area contributed by atoms with Crippen LogP contribution in [0.3, 0.4) is 0 Å². The first-order valence-electron chi connectivity index (χ1n) is 6.96. The normalized spacial score (nSPS) is 23.3. The number of aryl methyl sites for hydroxylation is 1. The summed E-state index contributed by atoms with van der Waals surface area (Å²) in [5, 5.41) is 0. The molecule has 0 radical (unpaired) electrons. The van der Waals surface area contributed by atoms with Gasteiger partial charge >= 0.3 is 0 Å². The Bertz CT molecular complexity index is 617. The van der Waals surface area contributed by atoms with Crippen molar-refractivity contribution < 1.29 is 4.39 Å². The number of nitrogens with zero attached hydrogens (tertiary/aromatic N) is 2. The zero-order valence-electron chi connectivity index (χ0n) is 11.5. The second-order valence-electron chi connectivity index (χ2n) is 5.95. The van der Waals surface area contributed by atoms with Crippen molar-refractivity contribution >= 4 is 17.0 Å². The van der Waals surface area contributed by atoms with E-state index >= 15 is 0 Å². The van der Waals surface area contributed by atoms with Crippen molar-refractivity contribution in [2.24, 2.45) is 11.8 Å². The van der Waals surface area contributed by atoms with Crippen LogP contribution in [0, 0.1) is 24.6 Å². The number of rotatable bonds is 2. The van der Waals surface area contributed by atoms with Crippen LogP contribution in [0.2, 0.25) is 0 Å². The maximum Gasteiger partial charge on any atom is 0.201 e. The number of nitrogen functional groups attached to an aromatic ring is 1. The van der Waals surface area contributed by atoms with Gasteiger partial charge in [-0.2, -0.15) is 0 Å². The molecule has 1 aromatic heterocycles. The monoisotopic (exact) mass is 261 g/mol. The minimum atomic E-state index is -0.216. The lowest BCUT2D eigenvalue weighted by Gasteiger charge is -2.13. The Kier molecular flexibility index (Phi) is 2.96. The number of anilines is 1. The zero-order chi connectivity index (χ0) is 13.6. The summed E-state index contributed by atoms with van der Waals surface area (Å²) in [6.07, 6.45) is 3.80. The first-order valence-corrected chi connectivity index (χ1v) is 6.96. The van der Waals surface area contributed by atoms with Crippen molar-refractivity contribution in [1.82, 2.24) is 9.55 Å². The third-order valence-corrected chi connectivity index (χ3v) is 4.30. The second-order valence-corrected chi connectivity index (χ2v) is 5.95. The molecule has 102 valence electrons. The third kappa shape index (κ3) is 2.20. The molecule has 2 aromatic rings. The molecule has 1 saturated carbocycles. The van der Waals surface area contributed by atoms with Crippen molar-refractivity contribution in [3.05, 3.63) is 23.5 Å². The lowest BCUT2D eigenvalue weighted by molar-refractivity contribution is 0.450. The molecule has 2 atom stereocenters. The van der Waals surface area contributed by atoms with Crippen LogP contribution < -0.4 is 5.73 Å². The van der Waals surface area contributed by atoms with Crippen LogP contribution in [0.25, 0.3) is 11.0 Å². The molecule has 1 aliphatic rings. The number of halogens is 1. The highest BCUT2D eigenvalue weighted by atomic mass is 19.1. The van der Waals surface area contributed by atoms with E-state index in [0.29, 0.717) is 22.9 Å². The molecule has 0 aliphatic heterocycles. The van der Waals surface area contributed by atoms with Gasteiger partial charge in [-0.05, 0) is 43.2 Å². The van der Waals surface area contributed by atoms with Crippen LogP contribution in [0.15, 0.2) is 12.1 Å². The van der Waals surface area contributed by atoms with Gasteiger partial charge in [-0.1, -0.05) is 13.3 Å². The van der Waals surface area contributed by atoms with Crippen LogP contribution in [0.5, 0.6) is 0 Å². The molecule has 4 heteroatoms. The Labute approximate surface area is 112 Å². The number of fused-ring (bicyclic) bond motifs is 1.